The summed E-state index contributed by atoms with van der Waals surface area (Å²) >= 11 is 0. The van der Waals surface area contributed by atoms with E-state index in [1.165, 1.54) is 12.8 Å². The second kappa shape index (κ2) is 8.96. The third-order valence-corrected chi connectivity index (χ3v) is 7.01. The summed E-state index contributed by atoms with van der Waals surface area (Å²) < 4.78 is 5.35. The van der Waals surface area contributed by atoms with E-state index in [9.17, 15) is 14.4 Å². The Balaban J connectivity index is 1.51. The summed E-state index contributed by atoms with van der Waals surface area (Å²) in [5, 5.41) is 2.98. The van der Waals surface area contributed by atoms with E-state index in [2.05, 4.69) is 10.2 Å². The number of nitrogens with two attached hydrogens (primary N) is 1. The number of carbonyl (C=O) groups is 3. The predicted octanol–water partition coefficient (Wildman–Crippen LogP) is 0.775. The number of nitrogen functional groups attached to an aromatic ring is 1. The molecule has 1 aromatic carbocycles. The van der Waals surface area contributed by atoms with Crippen LogP contribution in [0.5, 0.6) is 0 Å². The fourth-order valence-electron chi connectivity index (χ4n) is 5.05. The van der Waals surface area contributed by atoms with E-state index < -0.39 is 17.3 Å². The zero-order chi connectivity index (χ0) is 22.0. The van der Waals surface area contributed by atoms with E-state index in [1.807, 2.05) is 0 Å². The maximum Gasteiger partial charge on any atom is 0.227 e. The van der Waals surface area contributed by atoms with Gasteiger partial charge in [-0.2, -0.15) is 0 Å². The van der Waals surface area contributed by atoms with Crippen LogP contribution in [0.4, 0.5) is 5.69 Å². The number of ether oxygens (including phenoxy) is 1. The second-order valence-corrected chi connectivity index (χ2v) is 8.93. The van der Waals surface area contributed by atoms with Crippen molar-refractivity contribution < 1.29 is 19.1 Å². The average molecular weight is 429 g/mol. The molecule has 4 rings (SSSR count). The quantitative estimate of drug-likeness (QED) is 0.491. The molecule has 1 aromatic rings. The van der Waals surface area contributed by atoms with Gasteiger partial charge >= 0.3 is 0 Å². The molecule has 168 valence electrons. The minimum Gasteiger partial charge on any atom is -0.398 e. The molecule has 2 aliphatic heterocycles. The molecule has 0 bridgehead atoms. The Morgan fingerprint density at radius 2 is 1.77 bits per heavy atom. The topological polar surface area (TPSA) is 105 Å². The first kappa shape index (κ1) is 21.8. The lowest BCUT2D eigenvalue weighted by Gasteiger charge is -2.27. The molecule has 3 N–H and O–H groups in total. The average Bonchev–Trinajstić information content (AvgIpc) is 3.12. The Bertz CT molecular complexity index is 848. The number of ketones is 1. The number of rotatable bonds is 7. The maximum atomic E-state index is 13.5. The fraction of sp³-hybridized carbons (Fsp3) is 0.609. The van der Waals surface area contributed by atoms with Gasteiger partial charge in [0.2, 0.25) is 11.8 Å². The standard InChI is InChI=1S/C23H32N4O4/c1-23(20(28)16-6-2-3-7-17(16)24)18(19(23)22(30)27-12-14-31-15-13-27)21(29)25-8-11-26-9-4-5-10-26/h2-3,6-7,18-19H,4-5,8-15,24H2,1H3,(H,25,29)/t18-,19+,23+/m1/s1. The van der Waals surface area contributed by atoms with Crippen LogP contribution >= 0.6 is 0 Å². The van der Waals surface area contributed by atoms with Crippen molar-refractivity contribution in [1.29, 1.82) is 0 Å². The SMILES string of the molecule is C[C@@]1(C(=O)c2ccccc2N)[C@H](C(=O)N2CCOCC2)[C@@H]1C(=O)NCCN1CCCC1. The van der Waals surface area contributed by atoms with E-state index >= 15 is 0 Å². The lowest BCUT2D eigenvalue weighted by molar-refractivity contribution is -0.138. The number of hydrogen-bond donors (Lipinski definition) is 2. The van der Waals surface area contributed by atoms with Crippen LogP contribution in [0.1, 0.15) is 30.1 Å². The number of anilines is 1. The number of nitrogens with one attached hydrogen (secondary N) is 1. The van der Waals surface area contributed by atoms with Gasteiger partial charge in [0.25, 0.3) is 0 Å². The first-order chi connectivity index (χ1) is 14.9. The maximum absolute atomic E-state index is 13.5. The number of morpholine rings is 1. The van der Waals surface area contributed by atoms with E-state index in [0.29, 0.717) is 44.1 Å². The third-order valence-electron chi connectivity index (χ3n) is 7.01. The summed E-state index contributed by atoms with van der Waals surface area (Å²) in [5.41, 5.74) is 5.69. The first-order valence-corrected chi connectivity index (χ1v) is 11.2. The summed E-state index contributed by atoms with van der Waals surface area (Å²) in [5.74, 6) is -1.97. The van der Waals surface area contributed by atoms with Crippen molar-refractivity contribution in [3.05, 3.63) is 29.8 Å². The van der Waals surface area contributed by atoms with Crippen LogP contribution in [0.25, 0.3) is 0 Å². The number of likely N-dealkylation sites (tertiary alicyclic amines) is 1. The van der Waals surface area contributed by atoms with Crippen LogP contribution in [0, 0.1) is 17.3 Å². The van der Waals surface area contributed by atoms with Gasteiger partial charge in [-0.1, -0.05) is 19.1 Å². The van der Waals surface area contributed by atoms with Crippen molar-refractivity contribution in [2.24, 2.45) is 17.3 Å². The summed E-state index contributed by atoms with van der Waals surface area (Å²) in [7, 11) is 0. The highest BCUT2D eigenvalue weighted by atomic mass is 16.5. The number of benzene rings is 1. The predicted molar refractivity (Wildman–Crippen MR) is 116 cm³/mol. The molecule has 3 fully saturated rings. The Morgan fingerprint density at radius 3 is 2.45 bits per heavy atom. The van der Waals surface area contributed by atoms with Crippen LogP contribution in [0.2, 0.25) is 0 Å². The van der Waals surface area contributed by atoms with Gasteiger partial charge in [-0.15, -0.1) is 0 Å². The lowest BCUT2D eigenvalue weighted by atomic mass is 9.91. The first-order valence-electron chi connectivity index (χ1n) is 11.2. The van der Waals surface area contributed by atoms with E-state index in [0.717, 1.165) is 19.6 Å². The molecule has 2 amide bonds. The molecule has 1 saturated carbocycles. The summed E-state index contributed by atoms with van der Waals surface area (Å²) in [6.45, 7) is 7.06. The highest BCUT2D eigenvalue weighted by Crippen LogP contribution is 2.61. The Morgan fingerprint density at radius 1 is 1.10 bits per heavy atom. The molecule has 0 spiro atoms. The highest BCUT2D eigenvalue weighted by Gasteiger charge is 2.73. The fourth-order valence-corrected chi connectivity index (χ4v) is 5.05. The van der Waals surface area contributed by atoms with Gasteiger partial charge < -0.3 is 25.6 Å². The molecule has 0 radical (unpaired) electrons. The number of nitrogens with zero attached hydrogens (tertiary/aromatic N) is 2. The smallest absolute Gasteiger partial charge is 0.227 e. The molecule has 3 aliphatic rings. The van der Waals surface area contributed by atoms with Crippen molar-refractivity contribution in [3.8, 4) is 0 Å². The van der Waals surface area contributed by atoms with Gasteiger partial charge in [0.05, 0.1) is 30.5 Å². The molecule has 2 saturated heterocycles. The van der Waals surface area contributed by atoms with Crippen molar-refractivity contribution in [2.45, 2.75) is 19.8 Å². The number of Topliss-reactive ketones (excluding diaryl/α,β-unsaturated/α-hetero) is 1. The van der Waals surface area contributed by atoms with Crippen LogP contribution in [-0.2, 0) is 14.3 Å². The zero-order valence-electron chi connectivity index (χ0n) is 18.1. The Kier molecular flexibility index (Phi) is 6.29. The molecule has 3 atom stereocenters. The molecule has 0 aromatic heterocycles. The Hall–Kier alpha value is -2.45. The second-order valence-electron chi connectivity index (χ2n) is 8.93. The highest BCUT2D eigenvalue weighted by molar-refractivity contribution is 6.14. The van der Waals surface area contributed by atoms with Crippen molar-refractivity contribution >= 4 is 23.3 Å². The molecule has 8 heteroatoms. The van der Waals surface area contributed by atoms with E-state index in [4.69, 9.17) is 10.5 Å². The van der Waals surface area contributed by atoms with Crippen LogP contribution < -0.4 is 11.1 Å². The van der Waals surface area contributed by atoms with Gasteiger partial charge in [0.15, 0.2) is 5.78 Å². The summed E-state index contributed by atoms with van der Waals surface area (Å²) in [6, 6.07) is 6.85. The lowest BCUT2D eigenvalue weighted by Crippen LogP contribution is -2.43. The van der Waals surface area contributed by atoms with Crippen LogP contribution in [0.15, 0.2) is 24.3 Å². The minimum atomic E-state index is -1.09. The van der Waals surface area contributed by atoms with Crippen molar-refractivity contribution in [2.75, 3.05) is 58.2 Å². The zero-order valence-corrected chi connectivity index (χ0v) is 18.1. The van der Waals surface area contributed by atoms with Crippen molar-refractivity contribution in [3.63, 3.8) is 0 Å². The summed E-state index contributed by atoms with van der Waals surface area (Å²) in [6.07, 6.45) is 2.38. The molecule has 1 aliphatic carbocycles. The van der Waals surface area contributed by atoms with E-state index in [-0.39, 0.29) is 17.6 Å². The summed E-state index contributed by atoms with van der Waals surface area (Å²) in [4.78, 5) is 43.9. The largest absolute Gasteiger partial charge is 0.398 e. The normalized spacial score (nSPS) is 28.4. The molecule has 31 heavy (non-hydrogen) atoms. The van der Waals surface area contributed by atoms with Gasteiger partial charge in [-0.3, -0.25) is 14.4 Å². The molecule has 0 unspecified atom stereocenters. The van der Waals surface area contributed by atoms with Crippen molar-refractivity contribution in [1.82, 2.24) is 15.1 Å². The molecular formula is C23H32N4O4. The number of amides is 2. The molecule has 2 heterocycles. The third kappa shape index (κ3) is 4.19. The number of carbonyl (C=O) groups excluding carboxylic acids is 3. The van der Waals surface area contributed by atoms with Gasteiger partial charge in [-0.05, 0) is 38.1 Å². The van der Waals surface area contributed by atoms with E-state index in [1.54, 1.807) is 36.1 Å². The Labute approximate surface area is 183 Å². The minimum absolute atomic E-state index is 0.145. The van der Waals surface area contributed by atoms with Gasteiger partial charge in [0, 0.05) is 37.4 Å². The monoisotopic (exact) mass is 428 g/mol. The van der Waals surface area contributed by atoms with Crippen LogP contribution in [0.3, 0.4) is 0 Å². The van der Waals surface area contributed by atoms with Crippen LogP contribution in [-0.4, -0.2) is 79.9 Å². The van der Waals surface area contributed by atoms with Gasteiger partial charge in [0.1, 0.15) is 0 Å². The number of hydrogen-bond acceptors (Lipinski definition) is 6. The molecular weight excluding hydrogens is 396 g/mol. The number of para-hydroxylation sites is 1. The molecule has 8 nitrogen and oxygen atoms in total. The van der Waals surface area contributed by atoms with Gasteiger partial charge in [-0.25, -0.2) is 0 Å².